The maximum absolute atomic E-state index is 14.3. The maximum Gasteiger partial charge on any atom is 0.428 e. The van der Waals surface area contributed by atoms with E-state index in [2.05, 4.69) is 5.48 Å². The van der Waals surface area contributed by atoms with Crippen molar-refractivity contribution in [2.24, 2.45) is 0 Å². The second kappa shape index (κ2) is 9.87. The fourth-order valence-corrected chi connectivity index (χ4v) is 5.01. The highest BCUT2D eigenvalue weighted by atomic mass is 35.5. The minimum absolute atomic E-state index is 0.0516. The third-order valence-electron chi connectivity index (χ3n) is 6.05. The molecule has 1 saturated heterocycles. The van der Waals surface area contributed by atoms with Crippen molar-refractivity contribution in [2.45, 2.75) is 30.2 Å². The fourth-order valence-electron chi connectivity index (χ4n) is 4.17. The van der Waals surface area contributed by atoms with E-state index in [4.69, 9.17) is 28.0 Å². The van der Waals surface area contributed by atoms with Crippen LogP contribution in [0.5, 0.6) is 0 Å². The van der Waals surface area contributed by atoms with Crippen molar-refractivity contribution in [1.82, 2.24) is 10.4 Å². The summed E-state index contributed by atoms with van der Waals surface area (Å²) in [6.07, 6.45) is -9.23. The minimum Gasteiger partial charge on any atom is -0.329 e. The van der Waals surface area contributed by atoms with Gasteiger partial charge in [-0.3, -0.25) is 15.1 Å². The van der Waals surface area contributed by atoms with Crippen molar-refractivity contribution >= 4 is 46.6 Å². The number of alkyl halides is 7. The fraction of sp³-hybridized carbons (Fsp3) is 0.348. The normalized spacial score (nSPS) is 23.9. The van der Waals surface area contributed by atoms with Crippen molar-refractivity contribution in [3.8, 4) is 0 Å². The molecule has 37 heavy (non-hydrogen) atoms. The molecule has 0 spiro atoms. The lowest BCUT2D eigenvalue weighted by molar-refractivity contribution is -0.269. The highest BCUT2D eigenvalue weighted by Gasteiger charge is 2.60. The van der Waals surface area contributed by atoms with Gasteiger partial charge in [0.25, 0.3) is 0 Å². The van der Waals surface area contributed by atoms with Gasteiger partial charge in [0.1, 0.15) is 6.17 Å². The summed E-state index contributed by atoms with van der Waals surface area (Å²) in [5.41, 5.74) is -3.22. The number of hydrogen-bond donors (Lipinski definition) is 1. The number of amides is 1. The quantitative estimate of drug-likeness (QED) is 0.385. The van der Waals surface area contributed by atoms with E-state index < -0.39 is 51.3 Å². The smallest absolute Gasteiger partial charge is 0.329 e. The predicted octanol–water partition coefficient (Wildman–Crippen LogP) is 6.93. The molecule has 2 aliphatic heterocycles. The van der Waals surface area contributed by atoms with Crippen LogP contribution < -0.4 is 5.48 Å². The molecule has 0 saturated carbocycles. The van der Waals surface area contributed by atoms with Gasteiger partial charge in [0.2, 0.25) is 11.5 Å². The summed E-state index contributed by atoms with van der Waals surface area (Å²) in [4.78, 5) is 18.4. The summed E-state index contributed by atoms with van der Waals surface area (Å²) in [5, 5.41) is -1.67. The second-order valence-corrected chi connectivity index (χ2v) is 10.0. The van der Waals surface area contributed by atoms with E-state index >= 15 is 0 Å². The molecule has 1 amide bonds. The van der Waals surface area contributed by atoms with Crippen LogP contribution in [0.4, 0.5) is 30.7 Å². The number of nitrogens with one attached hydrogen (secondary N) is 1. The molecule has 200 valence electrons. The maximum atomic E-state index is 14.3. The molecule has 3 unspecified atom stereocenters. The lowest BCUT2D eigenvalue weighted by atomic mass is 9.89. The molecule has 0 radical (unpaired) electrons. The van der Waals surface area contributed by atoms with Crippen LogP contribution in [-0.2, 0) is 21.4 Å². The third-order valence-corrected chi connectivity index (χ3v) is 7.39. The Balaban J connectivity index is 1.70. The van der Waals surface area contributed by atoms with Crippen LogP contribution in [0.25, 0.3) is 5.70 Å². The lowest BCUT2D eigenvalue weighted by Crippen LogP contribution is -2.54. The monoisotopic (exact) mass is 588 g/mol. The van der Waals surface area contributed by atoms with Gasteiger partial charge in [-0.15, -0.1) is 0 Å². The zero-order valence-corrected chi connectivity index (χ0v) is 21.0. The number of likely N-dealkylation sites (tertiary alicyclic amines) is 1. The van der Waals surface area contributed by atoms with E-state index in [-0.39, 0.29) is 35.5 Å². The number of thioether (sulfide) groups is 1. The van der Waals surface area contributed by atoms with Crippen molar-refractivity contribution < 1.29 is 40.4 Å². The first-order valence-electron chi connectivity index (χ1n) is 10.5. The molecule has 2 heterocycles. The number of rotatable bonds is 5. The van der Waals surface area contributed by atoms with Gasteiger partial charge in [0.05, 0.1) is 39.6 Å². The molecule has 0 aliphatic carbocycles. The molecule has 14 heteroatoms. The van der Waals surface area contributed by atoms with Gasteiger partial charge in [-0.05, 0) is 35.6 Å². The molecule has 0 bridgehead atoms. The Kier molecular flexibility index (Phi) is 7.43. The van der Waals surface area contributed by atoms with Crippen LogP contribution in [-0.4, -0.2) is 41.7 Å². The average Bonchev–Trinajstić information content (AvgIpc) is 3.26. The van der Waals surface area contributed by atoms with Gasteiger partial charge in [-0.1, -0.05) is 47.5 Å². The highest BCUT2D eigenvalue weighted by Crippen LogP contribution is 2.50. The van der Waals surface area contributed by atoms with E-state index in [1.165, 1.54) is 40.9 Å². The average molecular weight is 589 g/mol. The Morgan fingerprint density at radius 1 is 1.16 bits per heavy atom. The van der Waals surface area contributed by atoms with E-state index in [0.717, 1.165) is 0 Å². The molecular weight excluding hydrogens is 572 g/mol. The Bertz CT molecular complexity index is 1240. The molecule has 2 aliphatic rings. The number of carbonyl (C=O) groups is 1. The summed E-state index contributed by atoms with van der Waals surface area (Å²) in [7, 11) is 0. The van der Waals surface area contributed by atoms with E-state index in [9.17, 15) is 35.5 Å². The number of hydrogen-bond acceptors (Lipinski definition) is 4. The highest BCUT2D eigenvalue weighted by molar-refractivity contribution is 7.99. The Hall–Kier alpha value is -2.15. The Morgan fingerprint density at radius 2 is 1.81 bits per heavy atom. The van der Waals surface area contributed by atoms with Crippen LogP contribution in [0.3, 0.4) is 0 Å². The summed E-state index contributed by atoms with van der Waals surface area (Å²) < 4.78 is 97.2. The summed E-state index contributed by atoms with van der Waals surface area (Å²) in [6, 6.07) is 5.79. The SMILES string of the molecule is CSCC(=O)N1CC(F)C1c1ccc(C2=CC(c3cc(Cl)c(Cl)c(C(F)(F)F)c3)(C(F)(F)F)ON2)cc1. The standard InChI is InChI=1S/C23H17Cl2F7N2O2S/c1-37-10-18(35)34-9-16(26)20(34)12-4-2-11(3-5-12)17-8-21(36-33-17,23(30,31)32)13-6-14(22(27,28)29)19(25)15(24)7-13/h2-8,16,20,33H,9-10H2,1H3. The van der Waals surface area contributed by atoms with E-state index in [1.807, 2.05) is 0 Å². The molecule has 2 aromatic rings. The molecule has 4 nitrogen and oxygen atoms in total. The van der Waals surface area contributed by atoms with Crippen LogP contribution in [0.1, 0.15) is 28.3 Å². The van der Waals surface area contributed by atoms with Crippen molar-refractivity contribution in [1.29, 1.82) is 0 Å². The van der Waals surface area contributed by atoms with Crippen LogP contribution in [0.2, 0.25) is 10.0 Å². The zero-order valence-electron chi connectivity index (χ0n) is 18.7. The lowest BCUT2D eigenvalue weighted by Gasteiger charge is -2.44. The van der Waals surface area contributed by atoms with Gasteiger partial charge < -0.3 is 4.90 Å². The molecule has 3 atom stereocenters. The number of nitrogens with zero attached hydrogens (tertiary/aromatic N) is 1. The molecule has 1 N–H and O–H groups in total. The van der Waals surface area contributed by atoms with E-state index in [1.54, 1.807) is 6.26 Å². The number of halogens is 9. The van der Waals surface area contributed by atoms with Crippen LogP contribution >= 0.6 is 35.0 Å². The van der Waals surface area contributed by atoms with Gasteiger partial charge >= 0.3 is 12.4 Å². The first-order valence-corrected chi connectivity index (χ1v) is 12.7. The van der Waals surface area contributed by atoms with Gasteiger partial charge in [-0.2, -0.15) is 38.1 Å². The predicted molar refractivity (Wildman–Crippen MR) is 126 cm³/mol. The van der Waals surface area contributed by atoms with E-state index in [0.29, 0.717) is 17.7 Å². The Labute approximate surface area is 220 Å². The topological polar surface area (TPSA) is 41.6 Å². The first-order chi connectivity index (χ1) is 17.2. The number of benzene rings is 2. The van der Waals surface area contributed by atoms with Crippen LogP contribution in [0.15, 0.2) is 42.5 Å². The third kappa shape index (κ3) is 5.00. The largest absolute Gasteiger partial charge is 0.428 e. The zero-order chi connectivity index (χ0) is 27.3. The minimum atomic E-state index is -5.20. The second-order valence-electron chi connectivity index (χ2n) is 8.37. The molecular formula is C23H17Cl2F7N2O2S. The van der Waals surface area contributed by atoms with Gasteiger partial charge in [0, 0.05) is 5.56 Å². The molecule has 1 fully saturated rings. The number of carbonyl (C=O) groups excluding carboxylic acids is 1. The first kappa shape index (κ1) is 27.9. The summed E-state index contributed by atoms with van der Waals surface area (Å²) in [5.74, 6) is -0.0569. The number of hydroxylamine groups is 1. The van der Waals surface area contributed by atoms with Crippen molar-refractivity contribution in [3.05, 3.63) is 74.8 Å². The molecule has 4 rings (SSSR count). The summed E-state index contributed by atoms with van der Waals surface area (Å²) >= 11 is 12.6. The molecule has 2 aromatic carbocycles. The van der Waals surface area contributed by atoms with Gasteiger partial charge in [-0.25, -0.2) is 4.39 Å². The Morgan fingerprint density at radius 3 is 2.35 bits per heavy atom. The van der Waals surface area contributed by atoms with Crippen LogP contribution in [0, 0.1) is 0 Å². The van der Waals surface area contributed by atoms with Crippen molar-refractivity contribution in [3.63, 3.8) is 0 Å². The van der Waals surface area contributed by atoms with Crippen molar-refractivity contribution in [2.75, 3.05) is 18.6 Å². The summed E-state index contributed by atoms with van der Waals surface area (Å²) in [6.45, 7) is -0.0516. The van der Waals surface area contributed by atoms with Gasteiger partial charge in [0.15, 0.2) is 0 Å². The molecule has 0 aromatic heterocycles.